The van der Waals surface area contributed by atoms with Crippen molar-refractivity contribution in [1.29, 1.82) is 0 Å². The number of benzene rings is 2. The van der Waals surface area contributed by atoms with Gasteiger partial charge < -0.3 is 9.47 Å². The summed E-state index contributed by atoms with van der Waals surface area (Å²) in [7, 11) is 0. The summed E-state index contributed by atoms with van der Waals surface area (Å²) in [5.74, 6) is 0. The van der Waals surface area contributed by atoms with E-state index in [1.54, 1.807) is 12.1 Å². The van der Waals surface area contributed by atoms with Gasteiger partial charge in [0.15, 0.2) is 6.29 Å². The molecule has 0 atom stereocenters. The van der Waals surface area contributed by atoms with Crippen molar-refractivity contribution >= 4 is 16.5 Å². The number of nitrogens with zero attached hydrogens (tertiary/aromatic N) is 1. The van der Waals surface area contributed by atoms with Gasteiger partial charge >= 0.3 is 0 Å². The van der Waals surface area contributed by atoms with Crippen molar-refractivity contribution in [2.75, 3.05) is 13.2 Å². The van der Waals surface area contributed by atoms with Gasteiger partial charge in [-0.05, 0) is 16.8 Å². The fourth-order valence-corrected chi connectivity index (χ4v) is 2.13. The molecule has 0 radical (unpaired) electrons. The predicted molar refractivity (Wildman–Crippen MR) is 65.2 cm³/mol. The molecule has 2 aromatic carbocycles. The molecule has 3 rings (SSSR count). The second kappa shape index (κ2) is 4.36. The Morgan fingerprint density at radius 1 is 1.11 bits per heavy atom. The van der Waals surface area contributed by atoms with E-state index >= 15 is 0 Å². The number of hydrogen-bond acceptors (Lipinski definition) is 4. The van der Waals surface area contributed by atoms with Crippen LogP contribution in [0.4, 0.5) is 5.69 Å². The smallest absolute Gasteiger partial charge is 0.278 e. The van der Waals surface area contributed by atoms with Crippen molar-refractivity contribution in [3.8, 4) is 0 Å². The van der Waals surface area contributed by atoms with Crippen LogP contribution in [0.15, 0.2) is 36.4 Å². The minimum Gasteiger partial charge on any atom is -0.346 e. The van der Waals surface area contributed by atoms with Gasteiger partial charge in [0.05, 0.1) is 23.7 Å². The monoisotopic (exact) mass is 245 g/mol. The van der Waals surface area contributed by atoms with Crippen molar-refractivity contribution in [1.82, 2.24) is 0 Å². The van der Waals surface area contributed by atoms with Crippen molar-refractivity contribution < 1.29 is 14.4 Å². The highest BCUT2D eigenvalue weighted by Crippen LogP contribution is 2.34. The van der Waals surface area contributed by atoms with E-state index in [0.717, 1.165) is 10.8 Å². The van der Waals surface area contributed by atoms with E-state index in [9.17, 15) is 10.1 Å². The molecule has 0 N–H and O–H groups in total. The number of rotatable bonds is 2. The summed E-state index contributed by atoms with van der Waals surface area (Å²) in [5.41, 5.74) is 0.525. The molecule has 1 aliphatic rings. The average Bonchev–Trinajstić information content (AvgIpc) is 2.91. The van der Waals surface area contributed by atoms with E-state index < -0.39 is 11.2 Å². The lowest BCUT2D eigenvalue weighted by molar-refractivity contribution is -0.386. The number of fused-ring (bicyclic) bond motifs is 1. The van der Waals surface area contributed by atoms with E-state index in [2.05, 4.69) is 0 Å². The first-order valence-electron chi connectivity index (χ1n) is 5.66. The Morgan fingerprint density at radius 3 is 2.33 bits per heavy atom. The lowest BCUT2D eigenvalue weighted by atomic mass is 10.0. The van der Waals surface area contributed by atoms with Crippen LogP contribution in [0.25, 0.3) is 10.8 Å². The average molecular weight is 245 g/mol. The predicted octanol–water partition coefficient (Wildman–Crippen LogP) is 2.79. The normalized spacial score (nSPS) is 16.2. The molecule has 0 spiro atoms. The summed E-state index contributed by atoms with van der Waals surface area (Å²) < 4.78 is 10.7. The molecule has 0 aromatic heterocycles. The van der Waals surface area contributed by atoms with Crippen LogP contribution in [0, 0.1) is 10.1 Å². The third-order valence-electron chi connectivity index (χ3n) is 2.97. The first-order valence-corrected chi connectivity index (χ1v) is 5.66. The molecule has 0 saturated carbocycles. The van der Waals surface area contributed by atoms with Crippen LogP contribution in [-0.4, -0.2) is 18.1 Å². The zero-order valence-electron chi connectivity index (χ0n) is 9.54. The fraction of sp³-hybridized carbons (Fsp3) is 0.231. The lowest BCUT2D eigenvalue weighted by Gasteiger charge is -2.11. The van der Waals surface area contributed by atoms with Crippen LogP contribution in [0.2, 0.25) is 0 Å². The number of hydrogen-bond donors (Lipinski definition) is 0. The van der Waals surface area contributed by atoms with Crippen LogP contribution in [-0.2, 0) is 9.47 Å². The highest BCUT2D eigenvalue weighted by Gasteiger charge is 2.27. The minimum absolute atomic E-state index is 0.0422. The van der Waals surface area contributed by atoms with E-state index in [-0.39, 0.29) is 5.69 Å². The van der Waals surface area contributed by atoms with Gasteiger partial charge in [0.1, 0.15) is 0 Å². The Morgan fingerprint density at radius 2 is 1.72 bits per heavy atom. The maximum atomic E-state index is 11.1. The molecule has 0 amide bonds. The first-order chi connectivity index (χ1) is 8.75. The SMILES string of the molecule is O=[N+]([O-])c1cc2ccccc2cc1C1OCCO1. The van der Waals surface area contributed by atoms with Gasteiger partial charge in [-0.1, -0.05) is 24.3 Å². The van der Waals surface area contributed by atoms with Crippen molar-refractivity contribution in [2.24, 2.45) is 0 Å². The molecule has 2 aromatic rings. The Labute approximate surface area is 103 Å². The van der Waals surface area contributed by atoms with Crippen molar-refractivity contribution in [3.05, 3.63) is 52.1 Å². The third kappa shape index (κ3) is 1.83. The van der Waals surface area contributed by atoms with Crippen LogP contribution >= 0.6 is 0 Å². The van der Waals surface area contributed by atoms with Crippen molar-refractivity contribution in [3.63, 3.8) is 0 Å². The second-order valence-corrected chi connectivity index (χ2v) is 4.09. The van der Waals surface area contributed by atoms with Gasteiger partial charge in [0.25, 0.3) is 5.69 Å². The third-order valence-corrected chi connectivity index (χ3v) is 2.97. The fourth-order valence-electron chi connectivity index (χ4n) is 2.13. The van der Waals surface area contributed by atoms with Gasteiger partial charge in [0, 0.05) is 6.07 Å². The molecule has 5 nitrogen and oxygen atoms in total. The Kier molecular flexibility index (Phi) is 2.70. The lowest BCUT2D eigenvalue weighted by Crippen LogP contribution is -2.03. The zero-order valence-corrected chi connectivity index (χ0v) is 9.54. The van der Waals surface area contributed by atoms with Gasteiger partial charge in [-0.3, -0.25) is 10.1 Å². The van der Waals surface area contributed by atoms with Gasteiger partial charge in [0.2, 0.25) is 0 Å². The standard InChI is InChI=1S/C13H11NO4/c15-14(16)12-8-10-4-2-1-3-9(10)7-11(12)13-17-5-6-18-13/h1-4,7-8,13H,5-6H2. The molecule has 1 aliphatic heterocycles. The summed E-state index contributed by atoms with van der Waals surface area (Å²) >= 11 is 0. The molecule has 5 heteroatoms. The molecule has 0 bridgehead atoms. The van der Waals surface area contributed by atoms with Gasteiger partial charge in [-0.25, -0.2) is 0 Å². The summed E-state index contributed by atoms with van der Waals surface area (Å²) in [6, 6.07) is 10.8. The molecular formula is C13H11NO4. The maximum Gasteiger partial charge on any atom is 0.278 e. The minimum atomic E-state index is -0.630. The van der Waals surface area contributed by atoms with E-state index in [1.165, 1.54) is 0 Å². The summed E-state index contributed by atoms with van der Waals surface area (Å²) in [5, 5.41) is 12.9. The Bertz CT molecular complexity index is 605. The maximum absolute atomic E-state index is 11.1. The topological polar surface area (TPSA) is 61.6 Å². The van der Waals surface area contributed by atoms with E-state index in [4.69, 9.17) is 9.47 Å². The zero-order chi connectivity index (χ0) is 12.5. The number of nitro groups is 1. The molecule has 1 heterocycles. The Balaban J connectivity index is 2.20. The molecule has 18 heavy (non-hydrogen) atoms. The molecule has 92 valence electrons. The number of nitro benzene ring substituents is 1. The highest BCUT2D eigenvalue weighted by atomic mass is 16.7. The molecule has 0 unspecified atom stereocenters. The molecule has 0 aliphatic carbocycles. The van der Waals surface area contributed by atoms with E-state index in [1.807, 2.05) is 24.3 Å². The summed E-state index contributed by atoms with van der Waals surface area (Å²) in [6.45, 7) is 0.934. The number of ether oxygens (including phenoxy) is 2. The quantitative estimate of drug-likeness (QED) is 0.603. The van der Waals surface area contributed by atoms with E-state index in [0.29, 0.717) is 18.8 Å². The highest BCUT2D eigenvalue weighted by molar-refractivity contribution is 5.86. The van der Waals surface area contributed by atoms with Crippen LogP contribution in [0.1, 0.15) is 11.9 Å². The molecular weight excluding hydrogens is 234 g/mol. The van der Waals surface area contributed by atoms with Crippen molar-refractivity contribution in [2.45, 2.75) is 6.29 Å². The largest absolute Gasteiger partial charge is 0.346 e. The molecule has 1 saturated heterocycles. The van der Waals surface area contributed by atoms with Gasteiger partial charge in [-0.15, -0.1) is 0 Å². The van der Waals surface area contributed by atoms with Gasteiger partial charge in [-0.2, -0.15) is 0 Å². The van der Waals surface area contributed by atoms with Crippen LogP contribution < -0.4 is 0 Å². The summed E-state index contributed by atoms with van der Waals surface area (Å²) in [6.07, 6.45) is -0.630. The summed E-state index contributed by atoms with van der Waals surface area (Å²) in [4.78, 5) is 10.7. The molecule has 1 fully saturated rings. The second-order valence-electron chi connectivity index (χ2n) is 4.09. The first kappa shape index (κ1) is 11.1. The Hall–Kier alpha value is -1.98. The van der Waals surface area contributed by atoms with Crippen LogP contribution in [0.3, 0.4) is 0 Å². The van der Waals surface area contributed by atoms with Crippen LogP contribution in [0.5, 0.6) is 0 Å².